The Balaban J connectivity index is 1.69. The highest BCUT2D eigenvalue weighted by atomic mass is 32.2. The summed E-state index contributed by atoms with van der Waals surface area (Å²) < 4.78 is 33.1. The van der Waals surface area contributed by atoms with E-state index >= 15 is 0 Å². The molecule has 0 saturated heterocycles. The summed E-state index contributed by atoms with van der Waals surface area (Å²) in [5.74, 6) is 0.406. The lowest BCUT2D eigenvalue weighted by Crippen LogP contribution is -2.22. The highest BCUT2D eigenvalue weighted by Crippen LogP contribution is 2.22. The molecular formula is C21H25N3O4S. The van der Waals surface area contributed by atoms with Gasteiger partial charge in [0.25, 0.3) is 0 Å². The van der Waals surface area contributed by atoms with Gasteiger partial charge in [-0.1, -0.05) is 24.3 Å². The lowest BCUT2D eigenvalue weighted by molar-refractivity contribution is -0.144. The van der Waals surface area contributed by atoms with Crippen LogP contribution in [0.25, 0.3) is 11.0 Å². The standard InChI is InChI=1S/C21H25N3O4S/c1-15-7-5-6-8-16(15)14-28-21(25)12-11-20-22-18-13-17(29(26,27)23(2)3)9-10-19(18)24(20)4/h5-10,13H,11-12,14H2,1-4H3. The van der Waals surface area contributed by atoms with Crippen molar-refractivity contribution >= 4 is 27.0 Å². The second kappa shape index (κ2) is 8.34. The fraction of sp³-hybridized carbons (Fsp3) is 0.333. The second-order valence-corrected chi connectivity index (χ2v) is 9.26. The Morgan fingerprint density at radius 2 is 1.90 bits per heavy atom. The zero-order chi connectivity index (χ0) is 21.2. The molecule has 0 bridgehead atoms. The van der Waals surface area contributed by atoms with Gasteiger partial charge in [0, 0.05) is 27.6 Å². The molecule has 7 nitrogen and oxygen atoms in total. The van der Waals surface area contributed by atoms with Gasteiger partial charge in [0.05, 0.1) is 22.3 Å². The van der Waals surface area contributed by atoms with E-state index in [9.17, 15) is 13.2 Å². The van der Waals surface area contributed by atoms with Crippen LogP contribution >= 0.6 is 0 Å². The smallest absolute Gasteiger partial charge is 0.306 e. The molecule has 0 fully saturated rings. The summed E-state index contributed by atoms with van der Waals surface area (Å²) in [4.78, 5) is 16.9. The van der Waals surface area contributed by atoms with Crippen LogP contribution in [0.3, 0.4) is 0 Å². The normalized spacial score (nSPS) is 11.9. The van der Waals surface area contributed by atoms with Crippen molar-refractivity contribution in [2.45, 2.75) is 31.3 Å². The molecule has 0 spiro atoms. The molecule has 0 unspecified atom stereocenters. The van der Waals surface area contributed by atoms with E-state index in [0.717, 1.165) is 16.6 Å². The SMILES string of the molecule is Cc1ccccc1COC(=O)CCc1nc2cc(S(=O)(=O)N(C)C)ccc2n1C. The molecule has 1 aromatic heterocycles. The van der Waals surface area contributed by atoms with Crippen molar-refractivity contribution in [3.05, 3.63) is 59.4 Å². The average molecular weight is 416 g/mol. The van der Waals surface area contributed by atoms with E-state index in [-0.39, 0.29) is 23.9 Å². The lowest BCUT2D eigenvalue weighted by Gasteiger charge is -2.10. The highest BCUT2D eigenvalue weighted by Gasteiger charge is 2.19. The van der Waals surface area contributed by atoms with Gasteiger partial charge in [0.15, 0.2) is 0 Å². The zero-order valence-electron chi connectivity index (χ0n) is 17.0. The van der Waals surface area contributed by atoms with Crippen LogP contribution < -0.4 is 0 Å². The Kier molecular flexibility index (Phi) is 6.04. The molecule has 2 aromatic carbocycles. The predicted octanol–water partition coefficient (Wildman–Crippen LogP) is 2.81. The number of hydrogen-bond donors (Lipinski definition) is 0. The fourth-order valence-electron chi connectivity index (χ4n) is 3.04. The molecule has 0 saturated carbocycles. The van der Waals surface area contributed by atoms with Crippen molar-refractivity contribution in [2.75, 3.05) is 14.1 Å². The first kappa shape index (κ1) is 21.0. The molecule has 0 aliphatic rings. The largest absolute Gasteiger partial charge is 0.461 e. The molecule has 0 aliphatic carbocycles. The van der Waals surface area contributed by atoms with Crippen molar-refractivity contribution < 1.29 is 17.9 Å². The van der Waals surface area contributed by atoms with Gasteiger partial charge < -0.3 is 9.30 Å². The van der Waals surface area contributed by atoms with E-state index < -0.39 is 10.0 Å². The minimum Gasteiger partial charge on any atom is -0.461 e. The number of nitrogens with zero attached hydrogens (tertiary/aromatic N) is 3. The minimum absolute atomic E-state index is 0.192. The minimum atomic E-state index is -3.52. The van der Waals surface area contributed by atoms with E-state index in [1.807, 2.05) is 42.8 Å². The summed E-state index contributed by atoms with van der Waals surface area (Å²) in [5.41, 5.74) is 3.46. The third-order valence-corrected chi connectivity index (χ3v) is 6.74. The molecule has 0 N–H and O–H groups in total. The maximum absolute atomic E-state index is 12.3. The molecule has 0 radical (unpaired) electrons. The van der Waals surface area contributed by atoms with Gasteiger partial charge in [-0.15, -0.1) is 0 Å². The number of fused-ring (bicyclic) bond motifs is 1. The van der Waals surface area contributed by atoms with E-state index in [4.69, 9.17) is 4.74 Å². The van der Waals surface area contributed by atoms with Crippen LogP contribution in [-0.4, -0.2) is 42.3 Å². The number of carbonyl (C=O) groups is 1. The molecular weight excluding hydrogens is 390 g/mol. The van der Waals surface area contributed by atoms with Gasteiger partial charge in [0.1, 0.15) is 12.4 Å². The second-order valence-electron chi connectivity index (χ2n) is 7.11. The number of benzene rings is 2. The Morgan fingerprint density at radius 3 is 2.59 bits per heavy atom. The molecule has 3 aromatic rings. The van der Waals surface area contributed by atoms with Crippen LogP contribution in [0.2, 0.25) is 0 Å². The Bertz CT molecular complexity index is 1150. The van der Waals surface area contributed by atoms with Gasteiger partial charge in [-0.2, -0.15) is 0 Å². The van der Waals surface area contributed by atoms with Crippen LogP contribution in [-0.2, 0) is 39.6 Å². The summed E-state index contributed by atoms with van der Waals surface area (Å²) in [7, 11) is 1.31. The van der Waals surface area contributed by atoms with E-state index in [1.54, 1.807) is 18.2 Å². The Hall–Kier alpha value is -2.71. The fourth-order valence-corrected chi connectivity index (χ4v) is 3.96. The number of sulfonamides is 1. The quantitative estimate of drug-likeness (QED) is 0.554. The number of rotatable bonds is 7. The van der Waals surface area contributed by atoms with Crippen LogP contribution in [0, 0.1) is 6.92 Å². The third-order valence-electron chi connectivity index (χ3n) is 4.93. The first-order valence-electron chi connectivity index (χ1n) is 9.28. The predicted molar refractivity (Wildman–Crippen MR) is 111 cm³/mol. The van der Waals surface area contributed by atoms with Crippen LogP contribution in [0.15, 0.2) is 47.4 Å². The van der Waals surface area contributed by atoms with Crippen molar-refractivity contribution in [1.82, 2.24) is 13.9 Å². The Labute approximate surface area is 171 Å². The highest BCUT2D eigenvalue weighted by molar-refractivity contribution is 7.89. The van der Waals surface area contributed by atoms with E-state index in [2.05, 4.69) is 4.98 Å². The maximum atomic E-state index is 12.3. The summed E-state index contributed by atoms with van der Waals surface area (Å²) in [6.45, 7) is 2.23. The number of aryl methyl sites for hydroxylation is 3. The molecule has 3 rings (SSSR count). The summed E-state index contributed by atoms with van der Waals surface area (Å²) in [5, 5.41) is 0. The number of esters is 1. The van der Waals surface area contributed by atoms with E-state index in [0.29, 0.717) is 17.8 Å². The third kappa shape index (κ3) is 4.49. The molecule has 1 heterocycles. The maximum Gasteiger partial charge on any atom is 0.306 e. The summed E-state index contributed by atoms with van der Waals surface area (Å²) in [6.07, 6.45) is 0.611. The number of hydrogen-bond acceptors (Lipinski definition) is 5. The number of carbonyl (C=O) groups excluding carboxylic acids is 1. The van der Waals surface area contributed by atoms with Crippen LogP contribution in [0.4, 0.5) is 0 Å². The van der Waals surface area contributed by atoms with Gasteiger partial charge in [0.2, 0.25) is 10.0 Å². The van der Waals surface area contributed by atoms with Crippen LogP contribution in [0.5, 0.6) is 0 Å². The molecule has 0 aliphatic heterocycles. The first-order valence-corrected chi connectivity index (χ1v) is 10.7. The zero-order valence-corrected chi connectivity index (χ0v) is 17.9. The van der Waals surface area contributed by atoms with Gasteiger partial charge in [-0.05, 0) is 36.2 Å². The van der Waals surface area contributed by atoms with Gasteiger partial charge >= 0.3 is 5.97 Å². The van der Waals surface area contributed by atoms with Crippen molar-refractivity contribution in [3.63, 3.8) is 0 Å². The van der Waals surface area contributed by atoms with Crippen molar-refractivity contribution in [2.24, 2.45) is 7.05 Å². The van der Waals surface area contributed by atoms with Gasteiger partial charge in [-0.25, -0.2) is 17.7 Å². The van der Waals surface area contributed by atoms with E-state index in [1.165, 1.54) is 18.4 Å². The topological polar surface area (TPSA) is 81.5 Å². The monoisotopic (exact) mass is 415 g/mol. The molecule has 29 heavy (non-hydrogen) atoms. The molecule has 8 heteroatoms. The summed E-state index contributed by atoms with van der Waals surface area (Å²) in [6, 6.07) is 12.6. The molecule has 0 atom stereocenters. The first-order chi connectivity index (χ1) is 13.7. The van der Waals surface area contributed by atoms with Crippen molar-refractivity contribution in [1.29, 1.82) is 0 Å². The number of aromatic nitrogens is 2. The van der Waals surface area contributed by atoms with Crippen molar-refractivity contribution in [3.8, 4) is 0 Å². The molecule has 154 valence electrons. The average Bonchev–Trinajstić information content (AvgIpc) is 3.00. The number of ether oxygens (including phenoxy) is 1. The Morgan fingerprint density at radius 1 is 1.17 bits per heavy atom. The molecule has 0 amide bonds. The lowest BCUT2D eigenvalue weighted by atomic mass is 10.1. The summed E-state index contributed by atoms with van der Waals surface area (Å²) >= 11 is 0. The van der Waals surface area contributed by atoms with Crippen LogP contribution in [0.1, 0.15) is 23.4 Å². The van der Waals surface area contributed by atoms with Gasteiger partial charge in [-0.3, -0.25) is 4.79 Å². The number of imidazole rings is 1.